The SMILES string of the molecule is CCNC(=NCC1(O)CCOCC1)NCCc1ccc(F)cc1C.I. The zero-order valence-electron chi connectivity index (χ0n) is 15.0. The minimum absolute atomic E-state index is 0. The molecular weight excluding hydrogens is 436 g/mol. The number of halogens is 2. The Morgan fingerprint density at radius 3 is 2.68 bits per heavy atom. The molecule has 7 heteroatoms. The Labute approximate surface area is 166 Å². The van der Waals surface area contributed by atoms with Gasteiger partial charge in [-0.1, -0.05) is 6.07 Å². The maximum atomic E-state index is 13.1. The first kappa shape index (κ1) is 22.1. The van der Waals surface area contributed by atoms with Crippen LogP contribution in [0.5, 0.6) is 0 Å². The van der Waals surface area contributed by atoms with Crippen LogP contribution in [-0.2, 0) is 11.2 Å². The minimum Gasteiger partial charge on any atom is -0.388 e. The molecular formula is C18H29FIN3O2. The largest absolute Gasteiger partial charge is 0.388 e. The summed E-state index contributed by atoms with van der Waals surface area (Å²) in [4.78, 5) is 4.51. The first-order valence-electron chi connectivity index (χ1n) is 8.60. The summed E-state index contributed by atoms with van der Waals surface area (Å²) in [7, 11) is 0. The molecule has 0 unspecified atom stereocenters. The zero-order chi connectivity index (χ0) is 17.4. The lowest BCUT2D eigenvalue weighted by atomic mass is 9.95. The molecule has 1 saturated heterocycles. The van der Waals surface area contributed by atoms with Crippen LogP contribution in [0.2, 0.25) is 0 Å². The molecule has 142 valence electrons. The van der Waals surface area contributed by atoms with E-state index in [2.05, 4.69) is 15.6 Å². The fraction of sp³-hybridized carbons (Fsp3) is 0.611. The molecule has 25 heavy (non-hydrogen) atoms. The number of nitrogens with zero attached hydrogens (tertiary/aromatic N) is 1. The van der Waals surface area contributed by atoms with E-state index in [-0.39, 0.29) is 29.8 Å². The first-order valence-corrected chi connectivity index (χ1v) is 8.60. The molecule has 1 fully saturated rings. The van der Waals surface area contributed by atoms with Crippen LogP contribution in [0.1, 0.15) is 30.9 Å². The maximum Gasteiger partial charge on any atom is 0.191 e. The molecule has 0 saturated carbocycles. The van der Waals surface area contributed by atoms with Crippen molar-refractivity contribution in [2.45, 2.75) is 38.7 Å². The fourth-order valence-electron chi connectivity index (χ4n) is 2.73. The zero-order valence-corrected chi connectivity index (χ0v) is 17.3. The second-order valence-electron chi connectivity index (χ2n) is 6.28. The monoisotopic (exact) mass is 465 g/mol. The smallest absolute Gasteiger partial charge is 0.191 e. The molecule has 0 aromatic heterocycles. The molecule has 0 spiro atoms. The number of ether oxygens (including phenoxy) is 1. The van der Waals surface area contributed by atoms with Gasteiger partial charge in [0.1, 0.15) is 5.82 Å². The lowest BCUT2D eigenvalue weighted by Crippen LogP contribution is -2.43. The molecule has 5 nitrogen and oxygen atoms in total. The molecule has 1 aromatic carbocycles. The summed E-state index contributed by atoms with van der Waals surface area (Å²) < 4.78 is 18.4. The van der Waals surface area contributed by atoms with E-state index in [1.807, 2.05) is 19.9 Å². The van der Waals surface area contributed by atoms with Crippen molar-refractivity contribution in [1.82, 2.24) is 10.6 Å². The van der Waals surface area contributed by atoms with Crippen molar-refractivity contribution >= 4 is 29.9 Å². The van der Waals surface area contributed by atoms with E-state index in [1.54, 1.807) is 6.07 Å². The van der Waals surface area contributed by atoms with Gasteiger partial charge in [-0.2, -0.15) is 0 Å². The summed E-state index contributed by atoms with van der Waals surface area (Å²) in [5.74, 6) is 0.487. The van der Waals surface area contributed by atoms with Crippen molar-refractivity contribution in [3.8, 4) is 0 Å². The molecule has 0 bridgehead atoms. The van der Waals surface area contributed by atoms with Gasteiger partial charge in [-0.3, -0.25) is 4.99 Å². The first-order chi connectivity index (χ1) is 11.5. The Balaban J connectivity index is 0.00000312. The summed E-state index contributed by atoms with van der Waals surface area (Å²) in [5.41, 5.74) is 1.30. The highest BCUT2D eigenvalue weighted by atomic mass is 127. The van der Waals surface area contributed by atoms with E-state index < -0.39 is 5.60 Å². The quantitative estimate of drug-likeness (QED) is 0.343. The molecule has 3 N–H and O–H groups in total. The van der Waals surface area contributed by atoms with Crippen molar-refractivity contribution in [3.05, 3.63) is 35.1 Å². The van der Waals surface area contributed by atoms with Crippen molar-refractivity contribution < 1.29 is 14.2 Å². The second-order valence-corrected chi connectivity index (χ2v) is 6.28. The van der Waals surface area contributed by atoms with Crippen molar-refractivity contribution in [3.63, 3.8) is 0 Å². The standard InChI is InChI=1S/C18H28FN3O2.HI/c1-3-20-17(22-13-18(23)7-10-24-11-8-18)21-9-6-15-4-5-16(19)12-14(15)2;/h4-5,12,23H,3,6-11,13H2,1-2H3,(H2,20,21,22);1H. The lowest BCUT2D eigenvalue weighted by Gasteiger charge is -2.30. The third kappa shape index (κ3) is 7.45. The average molecular weight is 465 g/mol. The molecule has 1 aliphatic rings. The number of aliphatic imine (C=N–C) groups is 1. The third-order valence-electron chi connectivity index (χ3n) is 4.29. The van der Waals surface area contributed by atoms with Crippen LogP contribution in [0.25, 0.3) is 0 Å². The third-order valence-corrected chi connectivity index (χ3v) is 4.29. The number of aliphatic hydroxyl groups is 1. The second kappa shape index (κ2) is 10.9. The predicted molar refractivity (Wildman–Crippen MR) is 109 cm³/mol. The summed E-state index contributed by atoms with van der Waals surface area (Å²) in [6.07, 6.45) is 2.02. The van der Waals surface area contributed by atoms with Crippen LogP contribution < -0.4 is 10.6 Å². The van der Waals surface area contributed by atoms with Gasteiger partial charge in [0.05, 0.1) is 12.1 Å². The molecule has 1 aliphatic heterocycles. The van der Waals surface area contributed by atoms with E-state index in [0.29, 0.717) is 45.1 Å². The van der Waals surface area contributed by atoms with Crippen LogP contribution in [0, 0.1) is 12.7 Å². The maximum absolute atomic E-state index is 13.1. The normalized spacial score (nSPS) is 16.9. The van der Waals surface area contributed by atoms with Gasteiger partial charge in [0.25, 0.3) is 0 Å². The summed E-state index contributed by atoms with van der Waals surface area (Å²) in [6, 6.07) is 4.86. The highest BCUT2D eigenvalue weighted by Crippen LogP contribution is 2.20. The Morgan fingerprint density at radius 2 is 2.04 bits per heavy atom. The molecule has 0 amide bonds. The number of hydrogen-bond acceptors (Lipinski definition) is 3. The van der Waals surface area contributed by atoms with E-state index in [4.69, 9.17) is 4.74 Å². The van der Waals surface area contributed by atoms with E-state index in [0.717, 1.165) is 24.1 Å². The van der Waals surface area contributed by atoms with Crippen LogP contribution in [0.15, 0.2) is 23.2 Å². The van der Waals surface area contributed by atoms with E-state index in [9.17, 15) is 9.50 Å². The van der Waals surface area contributed by atoms with Crippen molar-refractivity contribution in [2.75, 3.05) is 32.8 Å². The lowest BCUT2D eigenvalue weighted by molar-refractivity contribution is -0.0565. The number of nitrogens with one attached hydrogen (secondary N) is 2. The summed E-state index contributed by atoms with van der Waals surface area (Å²) in [5, 5.41) is 16.9. The number of benzene rings is 1. The Morgan fingerprint density at radius 1 is 1.32 bits per heavy atom. The van der Waals surface area contributed by atoms with Gasteiger partial charge in [0.15, 0.2) is 5.96 Å². The van der Waals surface area contributed by atoms with Crippen molar-refractivity contribution in [2.24, 2.45) is 4.99 Å². The Kier molecular flexibility index (Phi) is 9.66. The summed E-state index contributed by atoms with van der Waals surface area (Å²) >= 11 is 0. The Bertz CT molecular complexity index is 563. The van der Waals surface area contributed by atoms with Gasteiger partial charge in [-0.25, -0.2) is 4.39 Å². The topological polar surface area (TPSA) is 65.9 Å². The molecule has 1 heterocycles. The summed E-state index contributed by atoms with van der Waals surface area (Å²) in [6.45, 7) is 6.90. The molecule has 1 aromatic rings. The minimum atomic E-state index is -0.770. The van der Waals surface area contributed by atoms with Gasteiger partial charge in [0, 0.05) is 39.1 Å². The van der Waals surface area contributed by atoms with Crippen LogP contribution in [-0.4, -0.2) is 49.5 Å². The Hall–Kier alpha value is -0.930. The highest BCUT2D eigenvalue weighted by molar-refractivity contribution is 14.0. The van der Waals surface area contributed by atoms with E-state index in [1.165, 1.54) is 6.07 Å². The van der Waals surface area contributed by atoms with E-state index >= 15 is 0 Å². The number of rotatable bonds is 6. The molecule has 0 aliphatic carbocycles. The highest BCUT2D eigenvalue weighted by Gasteiger charge is 2.29. The van der Waals surface area contributed by atoms with Gasteiger partial charge in [-0.05, 0) is 43.5 Å². The van der Waals surface area contributed by atoms with Crippen LogP contribution in [0.4, 0.5) is 4.39 Å². The van der Waals surface area contributed by atoms with Crippen molar-refractivity contribution in [1.29, 1.82) is 0 Å². The molecule has 0 atom stereocenters. The van der Waals surface area contributed by atoms with Gasteiger partial charge in [0.2, 0.25) is 0 Å². The number of hydrogen-bond donors (Lipinski definition) is 3. The number of aryl methyl sites for hydroxylation is 1. The van der Waals surface area contributed by atoms with Gasteiger partial charge < -0.3 is 20.5 Å². The fourth-order valence-corrected chi connectivity index (χ4v) is 2.73. The predicted octanol–water partition coefficient (Wildman–Crippen LogP) is 2.39. The van der Waals surface area contributed by atoms with Gasteiger partial charge >= 0.3 is 0 Å². The van der Waals surface area contributed by atoms with Gasteiger partial charge in [-0.15, -0.1) is 24.0 Å². The van der Waals surface area contributed by atoms with Crippen LogP contribution >= 0.6 is 24.0 Å². The molecule has 2 rings (SSSR count). The average Bonchev–Trinajstić information content (AvgIpc) is 2.55. The number of guanidine groups is 1. The molecule has 0 radical (unpaired) electrons. The van der Waals surface area contributed by atoms with Crippen LogP contribution in [0.3, 0.4) is 0 Å².